The summed E-state index contributed by atoms with van der Waals surface area (Å²) in [4.78, 5) is 22.5. The fourth-order valence-electron chi connectivity index (χ4n) is 0.800. The summed E-state index contributed by atoms with van der Waals surface area (Å²) in [5.74, 6) is 0.583. The SMILES string of the molecule is C#CCOC(C(=O)OCC)C(=O)OCC. The zero-order valence-electron chi connectivity index (χ0n) is 8.82. The van der Waals surface area contributed by atoms with Crippen molar-refractivity contribution in [2.75, 3.05) is 19.8 Å². The molecule has 5 heteroatoms. The Morgan fingerprint density at radius 2 is 1.67 bits per heavy atom. The van der Waals surface area contributed by atoms with E-state index >= 15 is 0 Å². The Morgan fingerprint density at radius 3 is 2.00 bits per heavy atom. The van der Waals surface area contributed by atoms with Crippen LogP contribution in [0, 0.1) is 12.3 Å². The molecule has 84 valence electrons. The van der Waals surface area contributed by atoms with Gasteiger partial charge in [-0.3, -0.25) is 0 Å². The molecule has 0 aromatic heterocycles. The summed E-state index contributed by atoms with van der Waals surface area (Å²) >= 11 is 0. The third-order valence-corrected chi connectivity index (χ3v) is 1.33. The molecule has 0 saturated carbocycles. The number of ether oxygens (including phenoxy) is 3. The van der Waals surface area contributed by atoms with Gasteiger partial charge in [0, 0.05) is 0 Å². The molecule has 0 unspecified atom stereocenters. The Labute approximate surface area is 88.7 Å². The number of rotatable bonds is 6. The van der Waals surface area contributed by atoms with Crippen LogP contribution in [0.2, 0.25) is 0 Å². The van der Waals surface area contributed by atoms with Crippen LogP contribution in [0.5, 0.6) is 0 Å². The van der Waals surface area contributed by atoms with Crippen molar-refractivity contribution in [1.82, 2.24) is 0 Å². The monoisotopic (exact) mass is 214 g/mol. The van der Waals surface area contributed by atoms with E-state index in [-0.39, 0.29) is 19.8 Å². The predicted molar refractivity (Wildman–Crippen MR) is 51.8 cm³/mol. The number of carbonyl (C=O) groups excluding carboxylic acids is 2. The molecule has 0 radical (unpaired) electrons. The molecule has 0 aliphatic heterocycles. The van der Waals surface area contributed by atoms with Crippen LogP contribution in [0.15, 0.2) is 0 Å². The number of carbonyl (C=O) groups is 2. The fraction of sp³-hybridized carbons (Fsp3) is 0.600. The molecule has 0 heterocycles. The lowest BCUT2D eigenvalue weighted by molar-refractivity contribution is -0.171. The standard InChI is InChI=1S/C10H14O5/c1-4-7-15-8(9(11)13-5-2)10(12)14-6-3/h1,8H,5-7H2,2-3H3. The molecule has 0 rings (SSSR count). The van der Waals surface area contributed by atoms with Gasteiger partial charge in [-0.15, -0.1) is 6.42 Å². The van der Waals surface area contributed by atoms with E-state index in [2.05, 4.69) is 15.4 Å². The van der Waals surface area contributed by atoms with Crippen molar-refractivity contribution in [3.63, 3.8) is 0 Å². The maximum absolute atomic E-state index is 11.2. The summed E-state index contributed by atoms with van der Waals surface area (Å²) in [6.07, 6.45) is 3.56. The number of esters is 2. The highest BCUT2D eigenvalue weighted by atomic mass is 16.6. The maximum Gasteiger partial charge on any atom is 0.347 e. The highest BCUT2D eigenvalue weighted by Crippen LogP contribution is 1.99. The van der Waals surface area contributed by atoms with Gasteiger partial charge in [0.2, 0.25) is 0 Å². The van der Waals surface area contributed by atoms with Gasteiger partial charge in [-0.2, -0.15) is 0 Å². The van der Waals surface area contributed by atoms with Crippen LogP contribution in [-0.4, -0.2) is 37.9 Å². The van der Waals surface area contributed by atoms with E-state index in [9.17, 15) is 9.59 Å². The van der Waals surface area contributed by atoms with Crippen molar-refractivity contribution in [1.29, 1.82) is 0 Å². The minimum atomic E-state index is -1.39. The summed E-state index contributed by atoms with van der Waals surface area (Å²) in [5.41, 5.74) is 0. The van der Waals surface area contributed by atoms with E-state index in [1.165, 1.54) is 0 Å². The van der Waals surface area contributed by atoms with Crippen LogP contribution in [0.4, 0.5) is 0 Å². The second-order valence-corrected chi connectivity index (χ2v) is 2.40. The Balaban J connectivity index is 4.36. The first-order chi connectivity index (χ1) is 7.17. The predicted octanol–water partition coefficient (Wildman–Crippen LogP) is 0.131. The highest BCUT2D eigenvalue weighted by Gasteiger charge is 2.30. The van der Waals surface area contributed by atoms with Gasteiger partial charge in [0.05, 0.1) is 13.2 Å². The first kappa shape index (κ1) is 13.5. The van der Waals surface area contributed by atoms with Gasteiger partial charge < -0.3 is 14.2 Å². The van der Waals surface area contributed by atoms with Gasteiger partial charge in [-0.05, 0) is 13.8 Å². The van der Waals surface area contributed by atoms with Crippen molar-refractivity contribution in [3.05, 3.63) is 0 Å². The highest BCUT2D eigenvalue weighted by molar-refractivity contribution is 5.98. The lowest BCUT2D eigenvalue weighted by Crippen LogP contribution is -2.36. The van der Waals surface area contributed by atoms with Crippen molar-refractivity contribution in [2.45, 2.75) is 20.0 Å². The van der Waals surface area contributed by atoms with Crippen LogP contribution in [0.3, 0.4) is 0 Å². The lowest BCUT2D eigenvalue weighted by atomic mass is 10.3. The van der Waals surface area contributed by atoms with Crippen molar-refractivity contribution in [3.8, 4) is 12.3 Å². The molecule has 0 aliphatic carbocycles. The quantitative estimate of drug-likeness (QED) is 0.357. The molecule has 0 atom stereocenters. The van der Waals surface area contributed by atoms with E-state index in [0.717, 1.165) is 0 Å². The van der Waals surface area contributed by atoms with E-state index in [0.29, 0.717) is 0 Å². The molecular weight excluding hydrogens is 200 g/mol. The van der Waals surface area contributed by atoms with E-state index < -0.39 is 18.0 Å². The molecule has 0 amide bonds. The molecule has 0 spiro atoms. The summed E-state index contributed by atoms with van der Waals surface area (Å²) in [6, 6.07) is 0. The average molecular weight is 214 g/mol. The third kappa shape index (κ3) is 5.03. The van der Waals surface area contributed by atoms with E-state index in [1.54, 1.807) is 13.8 Å². The zero-order valence-corrected chi connectivity index (χ0v) is 8.82. The van der Waals surface area contributed by atoms with Gasteiger partial charge in [0.15, 0.2) is 0 Å². The van der Waals surface area contributed by atoms with Gasteiger partial charge in [-0.25, -0.2) is 9.59 Å². The zero-order chi connectivity index (χ0) is 11.7. The van der Waals surface area contributed by atoms with Crippen LogP contribution in [-0.2, 0) is 23.8 Å². The first-order valence-corrected chi connectivity index (χ1v) is 4.55. The van der Waals surface area contributed by atoms with Gasteiger partial charge in [-0.1, -0.05) is 5.92 Å². The first-order valence-electron chi connectivity index (χ1n) is 4.55. The summed E-state index contributed by atoms with van der Waals surface area (Å²) in [5, 5.41) is 0. The molecule has 0 N–H and O–H groups in total. The average Bonchev–Trinajstić information content (AvgIpc) is 2.19. The van der Waals surface area contributed by atoms with Gasteiger partial charge in [0.25, 0.3) is 6.10 Å². The largest absolute Gasteiger partial charge is 0.464 e. The minimum Gasteiger partial charge on any atom is -0.464 e. The van der Waals surface area contributed by atoms with Crippen LogP contribution < -0.4 is 0 Å². The fourth-order valence-corrected chi connectivity index (χ4v) is 0.800. The van der Waals surface area contributed by atoms with Gasteiger partial charge in [0.1, 0.15) is 6.61 Å². The van der Waals surface area contributed by atoms with Crippen molar-refractivity contribution in [2.24, 2.45) is 0 Å². The molecule has 0 saturated heterocycles. The number of terminal acetylenes is 1. The molecular formula is C10H14O5. The van der Waals surface area contributed by atoms with Crippen molar-refractivity contribution < 1.29 is 23.8 Å². The second kappa shape index (κ2) is 7.83. The molecule has 0 fully saturated rings. The minimum absolute atomic E-state index is 0.151. The molecule has 0 aliphatic rings. The second-order valence-electron chi connectivity index (χ2n) is 2.40. The smallest absolute Gasteiger partial charge is 0.347 e. The van der Waals surface area contributed by atoms with Gasteiger partial charge >= 0.3 is 11.9 Å². The number of hydrogen-bond donors (Lipinski definition) is 0. The number of hydrogen-bond acceptors (Lipinski definition) is 5. The summed E-state index contributed by atoms with van der Waals surface area (Å²) < 4.78 is 14.1. The van der Waals surface area contributed by atoms with E-state index in [4.69, 9.17) is 11.2 Å². The normalized spacial score (nSPS) is 9.47. The Hall–Kier alpha value is -1.54. The Morgan fingerprint density at radius 1 is 1.20 bits per heavy atom. The van der Waals surface area contributed by atoms with Crippen LogP contribution in [0.1, 0.15) is 13.8 Å². The molecule has 0 aromatic carbocycles. The maximum atomic E-state index is 11.2. The third-order valence-electron chi connectivity index (χ3n) is 1.33. The Kier molecular flexibility index (Phi) is 7.02. The van der Waals surface area contributed by atoms with Crippen molar-refractivity contribution >= 4 is 11.9 Å². The molecule has 0 bridgehead atoms. The molecule has 0 aromatic rings. The lowest BCUT2D eigenvalue weighted by Gasteiger charge is -2.13. The summed E-state index contributed by atoms with van der Waals surface area (Å²) in [7, 11) is 0. The topological polar surface area (TPSA) is 61.8 Å². The molecule has 5 nitrogen and oxygen atoms in total. The van der Waals surface area contributed by atoms with Crippen LogP contribution in [0.25, 0.3) is 0 Å². The Bertz CT molecular complexity index is 235. The summed E-state index contributed by atoms with van der Waals surface area (Å²) in [6.45, 7) is 3.42. The molecule has 15 heavy (non-hydrogen) atoms. The van der Waals surface area contributed by atoms with Crippen LogP contribution >= 0.6 is 0 Å². The van der Waals surface area contributed by atoms with E-state index in [1.807, 2.05) is 0 Å².